The number of hydrogen-bond donors (Lipinski definition) is 1. The van der Waals surface area contributed by atoms with Crippen molar-refractivity contribution < 1.29 is 13.9 Å². The molecule has 0 aliphatic carbocycles. The van der Waals surface area contributed by atoms with Crippen molar-refractivity contribution in [1.82, 2.24) is 15.1 Å². The highest BCUT2D eigenvalue weighted by atomic mass is 19.1. The first-order chi connectivity index (χ1) is 10.2. The standard InChI is InChI=1S/C15H20FN3O2/c1-19-10-13(9-18-19)11-21-15-4-3-12(7-14(15)16)8-17-5-6-20-2/h3-4,7,9-10,17H,5-6,8,11H2,1-2H3. The highest BCUT2D eigenvalue weighted by Crippen LogP contribution is 2.19. The van der Waals surface area contributed by atoms with E-state index in [2.05, 4.69) is 10.4 Å². The number of methoxy groups -OCH3 is 1. The Labute approximate surface area is 123 Å². The summed E-state index contributed by atoms with van der Waals surface area (Å²) in [4.78, 5) is 0. The van der Waals surface area contributed by atoms with Crippen LogP contribution in [-0.2, 0) is 24.9 Å². The highest BCUT2D eigenvalue weighted by molar-refractivity contribution is 5.29. The Morgan fingerprint density at radius 1 is 1.33 bits per heavy atom. The third-order valence-electron chi connectivity index (χ3n) is 2.96. The van der Waals surface area contributed by atoms with Gasteiger partial charge in [-0.25, -0.2) is 4.39 Å². The Morgan fingerprint density at radius 3 is 2.86 bits per heavy atom. The van der Waals surface area contributed by atoms with E-state index in [0.29, 0.717) is 19.8 Å². The molecule has 0 saturated heterocycles. The van der Waals surface area contributed by atoms with Crippen LogP contribution in [0.3, 0.4) is 0 Å². The van der Waals surface area contributed by atoms with Crippen LogP contribution in [0, 0.1) is 5.82 Å². The first kappa shape index (κ1) is 15.5. The Bertz CT molecular complexity index is 572. The van der Waals surface area contributed by atoms with Crippen molar-refractivity contribution in [2.75, 3.05) is 20.3 Å². The average molecular weight is 293 g/mol. The number of nitrogens with one attached hydrogen (secondary N) is 1. The summed E-state index contributed by atoms with van der Waals surface area (Å²) >= 11 is 0. The topological polar surface area (TPSA) is 48.3 Å². The molecule has 2 rings (SSSR count). The lowest BCUT2D eigenvalue weighted by atomic mass is 10.2. The van der Waals surface area contributed by atoms with Gasteiger partial charge in [0.25, 0.3) is 0 Å². The van der Waals surface area contributed by atoms with Gasteiger partial charge in [-0.1, -0.05) is 6.07 Å². The minimum Gasteiger partial charge on any atom is -0.486 e. The van der Waals surface area contributed by atoms with Crippen LogP contribution >= 0.6 is 0 Å². The van der Waals surface area contributed by atoms with Crippen LogP contribution in [0.25, 0.3) is 0 Å². The van der Waals surface area contributed by atoms with Crippen LogP contribution in [-0.4, -0.2) is 30.0 Å². The van der Waals surface area contributed by atoms with Gasteiger partial charge in [-0.05, 0) is 17.7 Å². The van der Waals surface area contributed by atoms with Crippen molar-refractivity contribution in [2.45, 2.75) is 13.2 Å². The number of halogens is 1. The number of aromatic nitrogens is 2. The van der Waals surface area contributed by atoms with E-state index in [4.69, 9.17) is 9.47 Å². The first-order valence-corrected chi connectivity index (χ1v) is 6.77. The number of benzene rings is 1. The van der Waals surface area contributed by atoms with Gasteiger partial charge in [0.15, 0.2) is 11.6 Å². The zero-order chi connectivity index (χ0) is 15.1. The van der Waals surface area contributed by atoms with Crippen LogP contribution in [0.2, 0.25) is 0 Å². The molecule has 0 fully saturated rings. The quantitative estimate of drug-likeness (QED) is 0.755. The van der Waals surface area contributed by atoms with Crippen LogP contribution in [0.5, 0.6) is 5.75 Å². The summed E-state index contributed by atoms with van der Waals surface area (Å²) in [5.74, 6) is -0.107. The van der Waals surface area contributed by atoms with Gasteiger partial charge >= 0.3 is 0 Å². The van der Waals surface area contributed by atoms with Gasteiger partial charge in [0, 0.05) is 39.0 Å². The zero-order valence-corrected chi connectivity index (χ0v) is 12.3. The molecule has 5 nitrogen and oxygen atoms in total. The van der Waals surface area contributed by atoms with E-state index in [9.17, 15) is 4.39 Å². The van der Waals surface area contributed by atoms with Crippen LogP contribution in [0.1, 0.15) is 11.1 Å². The Balaban J connectivity index is 1.86. The van der Waals surface area contributed by atoms with Gasteiger partial charge in [-0.3, -0.25) is 4.68 Å². The minimum atomic E-state index is -0.357. The Morgan fingerprint density at radius 2 is 2.19 bits per heavy atom. The van der Waals surface area contributed by atoms with Crippen molar-refractivity contribution in [3.05, 3.63) is 47.5 Å². The maximum absolute atomic E-state index is 13.9. The van der Waals surface area contributed by atoms with Crippen molar-refractivity contribution >= 4 is 0 Å². The molecule has 0 aliphatic heterocycles. The van der Waals surface area contributed by atoms with Gasteiger partial charge in [0.2, 0.25) is 0 Å². The molecular formula is C15H20FN3O2. The number of aryl methyl sites for hydroxylation is 1. The molecule has 1 aromatic heterocycles. The van der Waals surface area contributed by atoms with Gasteiger partial charge in [0.05, 0.1) is 12.8 Å². The van der Waals surface area contributed by atoms with Gasteiger partial charge in [-0.2, -0.15) is 5.10 Å². The van der Waals surface area contributed by atoms with E-state index in [1.807, 2.05) is 19.3 Å². The summed E-state index contributed by atoms with van der Waals surface area (Å²) < 4.78 is 26.0. The van der Waals surface area contributed by atoms with Crippen molar-refractivity contribution in [1.29, 1.82) is 0 Å². The van der Waals surface area contributed by atoms with Gasteiger partial charge in [0.1, 0.15) is 6.61 Å². The number of rotatable bonds is 8. The molecule has 114 valence electrons. The smallest absolute Gasteiger partial charge is 0.165 e. The number of hydrogen-bond acceptors (Lipinski definition) is 4. The average Bonchev–Trinajstić information content (AvgIpc) is 2.88. The van der Waals surface area contributed by atoms with Gasteiger partial charge < -0.3 is 14.8 Å². The van der Waals surface area contributed by atoms with E-state index in [-0.39, 0.29) is 11.6 Å². The predicted octanol–water partition coefficient (Wildman–Crippen LogP) is 1.87. The first-order valence-electron chi connectivity index (χ1n) is 6.77. The molecule has 1 heterocycles. The van der Waals surface area contributed by atoms with E-state index in [0.717, 1.165) is 17.7 Å². The highest BCUT2D eigenvalue weighted by Gasteiger charge is 2.06. The normalized spacial score (nSPS) is 10.8. The molecule has 0 radical (unpaired) electrons. The van der Waals surface area contributed by atoms with E-state index in [1.165, 1.54) is 6.07 Å². The molecule has 6 heteroatoms. The molecular weight excluding hydrogens is 273 g/mol. The third-order valence-corrected chi connectivity index (χ3v) is 2.96. The summed E-state index contributed by atoms with van der Waals surface area (Å²) in [6.07, 6.45) is 3.54. The zero-order valence-electron chi connectivity index (χ0n) is 12.3. The second-order valence-electron chi connectivity index (χ2n) is 4.75. The molecule has 0 spiro atoms. The third kappa shape index (κ3) is 4.84. The van der Waals surface area contributed by atoms with Crippen molar-refractivity contribution in [3.63, 3.8) is 0 Å². The maximum atomic E-state index is 13.9. The lowest BCUT2D eigenvalue weighted by molar-refractivity contribution is 0.199. The minimum absolute atomic E-state index is 0.250. The van der Waals surface area contributed by atoms with Crippen molar-refractivity contribution in [2.24, 2.45) is 7.05 Å². The van der Waals surface area contributed by atoms with E-state index in [1.54, 1.807) is 24.1 Å². The molecule has 0 unspecified atom stereocenters. The van der Waals surface area contributed by atoms with Crippen molar-refractivity contribution in [3.8, 4) is 5.75 Å². The molecule has 0 bridgehead atoms. The fourth-order valence-electron chi connectivity index (χ4n) is 1.89. The van der Waals surface area contributed by atoms with Crippen LogP contribution in [0.15, 0.2) is 30.6 Å². The molecule has 0 amide bonds. The fraction of sp³-hybridized carbons (Fsp3) is 0.400. The maximum Gasteiger partial charge on any atom is 0.165 e. The second-order valence-corrected chi connectivity index (χ2v) is 4.75. The monoisotopic (exact) mass is 293 g/mol. The largest absolute Gasteiger partial charge is 0.486 e. The molecule has 0 saturated carbocycles. The molecule has 2 aromatic rings. The summed E-state index contributed by atoms with van der Waals surface area (Å²) in [7, 11) is 3.48. The molecule has 1 aromatic carbocycles. The number of nitrogens with zero attached hydrogens (tertiary/aromatic N) is 2. The second kappa shape index (κ2) is 7.75. The van der Waals surface area contributed by atoms with E-state index >= 15 is 0 Å². The molecule has 21 heavy (non-hydrogen) atoms. The molecule has 0 atom stereocenters. The fourth-order valence-corrected chi connectivity index (χ4v) is 1.89. The summed E-state index contributed by atoms with van der Waals surface area (Å²) in [5, 5.41) is 7.21. The molecule has 0 aliphatic rings. The lowest BCUT2D eigenvalue weighted by Crippen LogP contribution is -2.18. The summed E-state index contributed by atoms with van der Waals surface area (Å²) in [6, 6.07) is 4.98. The Hall–Kier alpha value is -1.92. The SMILES string of the molecule is COCCNCc1ccc(OCc2cnn(C)c2)c(F)c1. The molecule has 1 N–H and O–H groups in total. The lowest BCUT2D eigenvalue weighted by Gasteiger charge is -2.08. The van der Waals surface area contributed by atoms with Crippen LogP contribution in [0.4, 0.5) is 4.39 Å². The Kier molecular flexibility index (Phi) is 5.71. The van der Waals surface area contributed by atoms with Crippen LogP contribution < -0.4 is 10.1 Å². The van der Waals surface area contributed by atoms with Gasteiger partial charge in [-0.15, -0.1) is 0 Å². The van der Waals surface area contributed by atoms with E-state index < -0.39 is 0 Å². The number of ether oxygens (including phenoxy) is 2. The predicted molar refractivity (Wildman–Crippen MR) is 77.5 cm³/mol. The summed E-state index contributed by atoms with van der Waals surface area (Å²) in [6.45, 7) is 2.27. The summed E-state index contributed by atoms with van der Waals surface area (Å²) in [5.41, 5.74) is 1.78.